The first-order valence-electron chi connectivity index (χ1n) is 6.43. The number of thiophene rings is 1. The van der Waals surface area contributed by atoms with Crippen LogP contribution in [0, 0.1) is 0 Å². The van der Waals surface area contributed by atoms with Gasteiger partial charge in [-0.05, 0) is 33.8 Å². The van der Waals surface area contributed by atoms with Crippen LogP contribution in [0.15, 0.2) is 15.9 Å². The van der Waals surface area contributed by atoms with Crippen LogP contribution in [0.4, 0.5) is 0 Å². The lowest BCUT2D eigenvalue weighted by atomic mass is 10.1. The van der Waals surface area contributed by atoms with Crippen LogP contribution < -0.4 is 0 Å². The predicted molar refractivity (Wildman–Crippen MR) is 77.5 cm³/mol. The lowest BCUT2D eigenvalue weighted by Crippen LogP contribution is -2.52. The van der Waals surface area contributed by atoms with Crippen molar-refractivity contribution in [1.29, 1.82) is 0 Å². The molecule has 1 atom stereocenters. The fourth-order valence-corrected chi connectivity index (χ4v) is 4.37. The van der Waals surface area contributed by atoms with Gasteiger partial charge >= 0.3 is 0 Å². The molecule has 2 aliphatic heterocycles. The number of rotatable bonds is 3. The Morgan fingerprint density at radius 1 is 1.47 bits per heavy atom. The van der Waals surface area contributed by atoms with Crippen LogP contribution in [-0.2, 0) is 4.79 Å². The van der Waals surface area contributed by atoms with Gasteiger partial charge in [-0.25, -0.2) is 0 Å². The number of Topliss-reactive ketones (excluding diaryl/α,β-unsaturated/α-hetero) is 1. The second-order valence-electron chi connectivity index (χ2n) is 5.04. The SMILES string of the molecule is O=C(CN1CCN2C(=O)CCC2C1)c1sccc1Br. The van der Waals surface area contributed by atoms with Gasteiger partial charge in [0.05, 0.1) is 11.4 Å². The molecule has 1 aromatic heterocycles. The molecule has 1 unspecified atom stereocenters. The van der Waals surface area contributed by atoms with Crippen molar-refractivity contribution in [2.45, 2.75) is 18.9 Å². The summed E-state index contributed by atoms with van der Waals surface area (Å²) in [7, 11) is 0. The summed E-state index contributed by atoms with van der Waals surface area (Å²) in [6.07, 6.45) is 1.61. The molecule has 19 heavy (non-hydrogen) atoms. The van der Waals surface area contributed by atoms with Crippen molar-refractivity contribution in [3.63, 3.8) is 0 Å². The van der Waals surface area contributed by atoms with Crippen molar-refractivity contribution in [3.8, 4) is 0 Å². The Morgan fingerprint density at radius 3 is 3.05 bits per heavy atom. The maximum Gasteiger partial charge on any atom is 0.222 e. The zero-order valence-electron chi connectivity index (χ0n) is 10.5. The Bertz CT molecular complexity index is 516. The van der Waals surface area contributed by atoms with Crippen LogP contribution in [0.3, 0.4) is 0 Å². The van der Waals surface area contributed by atoms with E-state index < -0.39 is 0 Å². The van der Waals surface area contributed by atoms with Crippen LogP contribution in [0.25, 0.3) is 0 Å². The van der Waals surface area contributed by atoms with E-state index in [2.05, 4.69) is 20.8 Å². The Balaban J connectivity index is 1.61. The maximum absolute atomic E-state index is 12.2. The fraction of sp³-hybridized carbons (Fsp3) is 0.538. The molecule has 0 aromatic carbocycles. The second kappa shape index (κ2) is 5.34. The van der Waals surface area contributed by atoms with Crippen LogP contribution >= 0.6 is 27.3 Å². The zero-order chi connectivity index (χ0) is 13.4. The average molecular weight is 343 g/mol. The highest BCUT2D eigenvalue weighted by Crippen LogP contribution is 2.25. The molecule has 0 radical (unpaired) electrons. The third-order valence-electron chi connectivity index (χ3n) is 3.82. The molecule has 4 nitrogen and oxygen atoms in total. The number of halogens is 1. The molecule has 0 bridgehead atoms. The summed E-state index contributed by atoms with van der Waals surface area (Å²) in [5.41, 5.74) is 0. The monoisotopic (exact) mass is 342 g/mol. The lowest BCUT2D eigenvalue weighted by molar-refractivity contribution is -0.130. The summed E-state index contributed by atoms with van der Waals surface area (Å²) in [5, 5.41) is 1.92. The topological polar surface area (TPSA) is 40.6 Å². The molecule has 0 spiro atoms. The average Bonchev–Trinajstić information content (AvgIpc) is 2.96. The molecule has 3 heterocycles. The van der Waals surface area contributed by atoms with Crippen molar-refractivity contribution in [2.24, 2.45) is 0 Å². The van der Waals surface area contributed by atoms with Crippen molar-refractivity contribution < 1.29 is 9.59 Å². The van der Waals surface area contributed by atoms with Gasteiger partial charge in [-0.2, -0.15) is 0 Å². The van der Waals surface area contributed by atoms with Gasteiger partial charge in [-0.15, -0.1) is 11.3 Å². The number of carbonyl (C=O) groups excluding carboxylic acids is 2. The highest BCUT2D eigenvalue weighted by Gasteiger charge is 2.35. The van der Waals surface area contributed by atoms with E-state index in [1.54, 1.807) is 0 Å². The number of amides is 1. The van der Waals surface area contributed by atoms with Crippen molar-refractivity contribution in [3.05, 3.63) is 20.8 Å². The van der Waals surface area contributed by atoms with Crippen molar-refractivity contribution >= 4 is 39.0 Å². The van der Waals surface area contributed by atoms with Gasteiger partial charge in [0.2, 0.25) is 5.91 Å². The van der Waals surface area contributed by atoms with E-state index in [0.29, 0.717) is 19.0 Å². The molecular formula is C13H15BrN2O2S. The first kappa shape index (κ1) is 13.3. The maximum atomic E-state index is 12.2. The first-order valence-corrected chi connectivity index (χ1v) is 8.10. The van der Waals surface area contributed by atoms with E-state index >= 15 is 0 Å². The molecule has 2 aliphatic rings. The Morgan fingerprint density at radius 2 is 2.32 bits per heavy atom. The summed E-state index contributed by atoms with van der Waals surface area (Å²) in [6, 6.07) is 2.23. The highest BCUT2D eigenvalue weighted by molar-refractivity contribution is 9.10. The van der Waals surface area contributed by atoms with Crippen molar-refractivity contribution in [2.75, 3.05) is 26.2 Å². The smallest absolute Gasteiger partial charge is 0.222 e. The standard InChI is InChI=1S/C13H15BrN2O2S/c14-10-3-6-19-13(10)11(17)8-15-4-5-16-9(7-15)1-2-12(16)18/h3,6,9H,1-2,4-5,7-8H2. The van der Waals surface area contributed by atoms with Crippen molar-refractivity contribution in [1.82, 2.24) is 9.80 Å². The summed E-state index contributed by atoms with van der Waals surface area (Å²) in [5.74, 6) is 0.441. The molecular weight excluding hydrogens is 328 g/mol. The van der Waals surface area contributed by atoms with Gasteiger partial charge in [-0.3, -0.25) is 14.5 Å². The third-order valence-corrected chi connectivity index (χ3v) is 5.70. The summed E-state index contributed by atoms with van der Waals surface area (Å²) in [4.78, 5) is 28.8. The van der Waals surface area contributed by atoms with Gasteiger partial charge in [0, 0.05) is 36.6 Å². The molecule has 3 rings (SSSR count). The number of piperazine rings is 1. The van der Waals surface area contributed by atoms with E-state index in [1.807, 2.05) is 16.3 Å². The molecule has 0 saturated carbocycles. The zero-order valence-corrected chi connectivity index (χ0v) is 12.9. The second-order valence-corrected chi connectivity index (χ2v) is 6.81. The molecule has 2 fully saturated rings. The predicted octanol–water partition coefficient (Wildman–Crippen LogP) is 2.00. The number of hydrogen-bond donors (Lipinski definition) is 0. The van der Waals surface area contributed by atoms with Gasteiger partial charge in [0.15, 0.2) is 5.78 Å². The molecule has 2 saturated heterocycles. The Kier molecular flexibility index (Phi) is 3.73. The van der Waals surface area contributed by atoms with Gasteiger partial charge < -0.3 is 4.90 Å². The summed E-state index contributed by atoms with van der Waals surface area (Å²) >= 11 is 4.88. The molecule has 1 aromatic rings. The minimum atomic E-state index is 0.166. The van der Waals surface area contributed by atoms with E-state index in [9.17, 15) is 9.59 Å². The van der Waals surface area contributed by atoms with Crippen LogP contribution in [-0.4, -0.2) is 53.7 Å². The van der Waals surface area contributed by atoms with Gasteiger partial charge in [0.25, 0.3) is 0 Å². The third kappa shape index (κ3) is 2.61. The van der Waals surface area contributed by atoms with Gasteiger partial charge in [0.1, 0.15) is 0 Å². The van der Waals surface area contributed by atoms with E-state index in [4.69, 9.17) is 0 Å². The molecule has 0 aliphatic carbocycles. The number of ketones is 1. The molecule has 1 amide bonds. The Hall–Kier alpha value is -0.720. The van der Waals surface area contributed by atoms with Gasteiger partial charge in [-0.1, -0.05) is 0 Å². The molecule has 6 heteroatoms. The largest absolute Gasteiger partial charge is 0.337 e. The van der Waals surface area contributed by atoms with Crippen LogP contribution in [0.1, 0.15) is 22.5 Å². The van der Waals surface area contributed by atoms with E-state index in [-0.39, 0.29) is 11.7 Å². The molecule has 0 N–H and O–H groups in total. The number of hydrogen-bond acceptors (Lipinski definition) is 4. The summed E-state index contributed by atoms with van der Waals surface area (Å²) in [6.45, 7) is 2.86. The fourth-order valence-electron chi connectivity index (χ4n) is 2.84. The quantitative estimate of drug-likeness (QED) is 0.789. The minimum absolute atomic E-state index is 0.166. The van der Waals surface area contributed by atoms with E-state index in [1.165, 1.54) is 11.3 Å². The lowest BCUT2D eigenvalue weighted by Gasteiger charge is -2.37. The minimum Gasteiger partial charge on any atom is -0.337 e. The Labute approximate surface area is 124 Å². The van der Waals surface area contributed by atoms with Crippen LogP contribution in [0.5, 0.6) is 0 Å². The number of carbonyl (C=O) groups is 2. The summed E-state index contributed by atoms with van der Waals surface area (Å²) < 4.78 is 0.886. The molecule has 102 valence electrons. The number of fused-ring (bicyclic) bond motifs is 1. The van der Waals surface area contributed by atoms with Crippen LogP contribution in [0.2, 0.25) is 0 Å². The number of nitrogens with zero attached hydrogens (tertiary/aromatic N) is 2. The highest BCUT2D eigenvalue weighted by atomic mass is 79.9. The van der Waals surface area contributed by atoms with E-state index in [0.717, 1.165) is 35.4 Å². The normalized spacial score (nSPS) is 23.7. The first-order chi connectivity index (χ1) is 9.15.